The third-order valence-corrected chi connectivity index (χ3v) is 3.79. The van der Waals surface area contributed by atoms with Crippen LogP contribution in [-0.2, 0) is 14.9 Å². The van der Waals surface area contributed by atoms with Gasteiger partial charge in [0.15, 0.2) is 5.41 Å². The highest BCUT2D eigenvalue weighted by molar-refractivity contribution is 9.10. The Morgan fingerprint density at radius 1 is 1.70 bits per heavy atom. The molecule has 1 unspecified atom stereocenters. The molecule has 106 valence electrons. The molecule has 0 amide bonds. The van der Waals surface area contributed by atoms with Crippen molar-refractivity contribution in [1.29, 1.82) is 5.26 Å². The van der Waals surface area contributed by atoms with Gasteiger partial charge < -0.3 is 4.74 Å². The predicted octanol–water partition coefficient (Wildman–Crippen LogP) is 2.41. The average molecular weight is 342 g/mol. The molecular weight excluding hydrogens is 330 g/mol. The van der Waals surface area contributed by atoms with Crippen LogP contribution in [0.1, 0.15) is 25.1 Å². The van der Waals surface area contributed by atoms with Crippen LogP contribution in [0.2, 0.25) is 0 Å². The summed E-state index contributed by atoms with van der Waals surface area (Å²) < 4.78 is 5.12. The smallest absolute Gasteiger partial charge is 0.332 e. The van der Waals surface area contributed by atoms with Crippen molar-refractivity contribution in [2.75, 3.05) is 6.61 Å². The van der Waals surface area contributed by atoms with Crippen molar-refractivity contribution >= 4 is 27.6 Å². The van der Waals surface area contributed by atoms with Gasteiger partial charge in [-0.2, -0.15) is 5.26 Å². The van der Waals surface area contributed by atoms with Crippen LogP contribution >= 0.6 is 15.9 Å². The molecule has 0 fully saturated rings. The molecule has 0 radical (unpaired) electrons. The highest BCUT2D eigenvalue weighted by Gasteiger charge is 2.41. The van der Waals surface area contributed by atoms with Crippen LogP contribution in [0, 0.1) is 28.4 Å². The number of pyridine rings is 1. The predicted molar refractivity (Wildman–Crippen MR) is 72.9 cm³/mol. The first kappa shape index (κ1) is 16.0. The molecule has 20 heavy (non-hydrogen) atoms. The van der Waals surface area contributed by atoms with Crippen LogP contribution in [0.25, 0.3) is 0 Å². The summed E-state index contributed by atoms with van der Waals surface area (Å²) in [7, 11) is 0. The fourth-order valence-electron chi connectivity index (χ4n) is 1.57. The topological polar surface area (TPSA) is 106 Å². The van der Waals surface area contributed by atoms with Gasteiger partial charge in [-0.3, -0.25) is 15.1 Å². The third kappa shape index (κ3) is 2.63. The molecular formula is C12H12BrN3O4. The number of nitrogens with zero attached hydrogens (tertiary/aromatic N) is 3. The van der Waals surface area contributed by atoms with E-state index in [1.807, 2.05) is 6.07 Å². The summed E-state index contributed by atoms with van der Waals surface area (Å²) in [6.45, 7) is 4.62. The van der Waals surface area contributed by atoms with Crippen LogP contribution in [0.15, 0.2) is 10.7 Å². The quantitative estimate of drug-likeness (QED) is 0.472. The zero-order valence-electron chi connectivity index (χ0n) is 11.1. The summed E-state index contributed by atoms with van der Waals surface area (Å²) in [6.07, 6.45) is 1.03. The van der Waals surface area contributed by atoms with Crippen molar-refractivity contribution in [2.45, 2.75) is 26.2 Å². The van der Waals surface area contributed by atoms with E-state index in [1.54, 1.807) is 6.92 Å². The first-order chi connectivity index (χ1) is 9.29. The van der Waals surface area contributed by atoms with Gasteiger partial charge in [-0.05, 0) is 36.7 Å². The van der Waals surface area contributed by atoms with E-state index < -0.39 is 16.3 Å². The van der Waals surface area contributed by atoms with Gasteiger partial charge in [0.05, 0.1) is 27.8 Å². The molecule has 0 saturated heterocycles. The molecule has 0 aliphatic rings. The summed E-state index contributed by atoms with van der Waals surface area (Å²) in [5.74, 6) is -0.746. The Hall–Kier alpha value is -2.01. The van der Waals surface area contributed by atoms with E-state index >= 15 is 0 Å². The number of rotatable bonds is 4. The van der Waals surface area contributed by atoms with Gasteiger partial charge >= 0.3 is 5.97 Å². The average Bonchev–Trinajstić information content (AvgIpc) is 2.40. The number of hydrogen-bond donors (Lipinski definition) is 0. The Kier molecular flexibility index (Phi) is 4.78. The van der Waals surface area contributed by atoms with E-state index in [0.717, 1.165) is 6.20 Å². The molecule has 0 aromatic carbocycles. The Morgan fingerprint density at radius 2 is 2.30 bits per heavy atom. The minimum atomic E-state index is -1.63. The first-order valence-electron chi connectivity index (χ1n) is 5.68. The number of hydrogen-bond acceptors (Lipinski definition) is 6. The standard InChI is InChI=1S/C12H12BrN3O4/c1-4-20-11(17)12(3,6-14)10-9(13)7(2)8(5-15-10)16(18)19/h5H,4H2,1-3H3. The van der Waals surface area contributed by atoms with Crippen LogP contribution in [-0.4, -0.2) is 22.5 Å². The van der Waals surface area contributed by atoms with Gasteiger partial charge in [-0.1, -0.05) is 0 Å². The molecule has 8 heteroatoms. The van der Waals surface area contributed by atoms with Crippen molar-refractivity contribution in [2.24, 2.45) is 0 Å². The maximum absolute atomic E-state index is 11.9. The van der Waals surface area contributed by atoms with E-state index in [-0.39, 0.29) is 22.5 Å². The second-order valence-electron chi connectivity index (χ2n) is 4.15. The second kappa shape index (κ2) is 5.96. The molecule has 0 aliphatic heterocycles. The number of ether oxygens (including phenoxy) is 1. The molecule has 0 bridgehead atoms. The van der Waals surface area contributed by atoms with Gasteiger partial charge in [0, 0.05) is 5.56 Å². The van der Waals surface area contributed by atoms with E-state index in [0.29, 0.717) is 5.56 Å². The Balaban J connectivity index is 3.46. The van der Waals surface area contributed by atoms with E-state index in [9.17, 15) is 20.2 Å². The number of carbonyl (C=O) groups excluding carboxylic acids is 1. The first-order valence-corrected chi connectivity index (χ1v) is 6.47. The van der Waals surface area contributed by atoms with Crippen molar-refractivity contribution in [3.05, 3.63) is 32.0 Å². The maximum atomic E-state index is 11.9. The highest BCUT2D eigenvalue weighted by atomic mass is 79.9. The molecule has 1 aromatic heterocycles. The van der Waals surface area contributed by atoms with Crippen molar-refractivity contribution < 1.29 is 14.5 Å². The van der Waals surface area contributed by atoms with Crippen LogP contribution in [0.4, 0.5) is 5.69 Å². The van der Waals surface area contributed by atoms with E-state index in [2.05, 4.69) is 20.9 Å². The molecule has 7 nitrogen and oxygen atoms in total. The van der Waals surface area contributed by atoms with Crippen LogP contribution < -0.4 is 0 Å². The van der Waals surface area contributed by atoms with Gasteiger partial charge in [-0.25, -0.2) is 4.79 Å². The fourth-order valence-corrected chi connectivity index (χ4v) is 2.27. The second-order valence-corrected chi connectivity index (χ2v) is 4.94. The normalized spacial score (nSPS) is 13.2. The SMILES string of the molecule is CCOC(=O)C(C)(C#N)c1ncc([N+](=O)[O-])c(C)c1Br. The Morgan fingerprint density at radius 3 is 2.75 bits per heavy atom. The van der Waals surface area contributed by atoms with Gasteiger partial charge in [0.1, 0.15) is 6.20 Å². The van der Waals surface area contributed by atoms with Crippen molar-refractivity contribution in [3.63, 3.8) is 0 Å². The van der Waals surface area contributed by atoms with Crippen molar-refractivity contribution in [3.8, 4) is 6.07 Å². The monoisotopic (exact) mass is 341 g/mol. The zero-order valence-corrected chi connectivity index (χ0v) is 12.7. The third-order valence-electron chi connectivity index (χ3n) is 2.81. The molecule has 1 aromatic rings. The Bertz CT molecular complexity index is 611. The Labute approximate surface area is 123 Å². The number of nitro groups is 1. The molecule has 1 heterocycles. The number of aromatic nitrogens is 1. The largest absolute Gasteiger partial charge is 0.465 e. The van der Waals surface area contributed by atoms with Gasteiger partial charge in [0.25, 0.3) is 5.69 Å². The summed E-state index contributed by atoms with van der Waals surface area (Å²) in [5.41, 5.74) is -1.42. The van der Waals surface area contributed by atoms with E-state index in [4.69, 9.17) is 4.74 Å². The van der Waals surface area contributed by atoms with Crippen molar-refractivity contribution in [1.82, 2.24) is 4.98 Å². The maximum Gasteiger partial charge on any atom is 0.332 e. The lowest BCUT2D eigenvalue weighted by molar-refractivity contribution is -0.385. The lowest BCUT2D eigenvalue weighted by Crippen LogP contribution is -2.34. The summed E-state index contributed by atoms with van der Waals surface area (Å²) >= 11 is 3.17. The summed E-state index contributed by atoms with van der Waals surface area (Å²) in [5, 5.41) is 20.1. The lowest BCUT2D eigenvalue weighted by atomic mass is 9.87. The van der Waals surface area contributed by atoms with Gasteiger partial charge in [0.2, 0.25) is 0 Å². The summed E-state index contributed by atoms with van der Waals surface area (Å²) in [6, 6.07) is 1.86. The number of halogens is 1. The molecule has 0 saturated carbocycles. The van der Waals surface area contributed by atoms with Crippen LogP contribution in [0.5, 0.6) is 0 Å². The number of carbonyl (C=O) groups is 1. The molecule has 1 atom stereocenters. The van der Waals surface area contributed by atoms with E-state index in [1.165, 1.54) is 13.8 Å². The minimum Gasteiger partial charge on any atom is -0.465 e. The molecule has 0 spiro atoms. The molecule has 0 N–H and O–H groups in total. The zero-order chi connectivity index (χ0) is 15.5. The summed E-state index contributed by atoms with van der Waals surface area (Å²) in [4.78, 5) is 26.1. The minimum absolute atomic E-state index is 0.0987. The van der Waals surface area contributed by atoms with Crippen LogP contribution in [0.3, 0.4) is 0 Å². The molecule has 0 aliphatic carbocycles. The lowest BCUT2D eigenvalue weighted by Gasteiger charge is -2.20. The number of nitriles is 1. The number of esters is 1. The fraction of sp³-hybridized carbons (Fsp3) is 0.417. The highest BCUT2D eigenvalue weighted by Crippen LogP contribution is 2.35. The van der Waals surface area contributed by atoms with Gasteiger partial charge in [-0.15, -0.1) is 0 Å². The molecule has 1 rings (SSSR count).